The van der Waals surface area contributed by atoms with Crippen molar-refractivity contribution in [3.8, 4) is 0 Å². The van der Waals surface area contributed by atoms with Gasteiger partial charge in [-0.05, 0) is 17.7 Å². The van der Waals surface area contributed by atoms with E-state index >= 15 is 0 Å². The summed E-state index contributed by atoms with van der Waals surface area (Å²) in [6.07, 6.45) is 0. The summed E-state index contributed by atoms with van der Waals surface area (Å²) in [6.45, 7) is 0. The van der Waals surface area contributed by atoms with Crippen molar-refractivity contribution in [3.63, 3.8) is 0 Å². The van der Waals surface area contributed by atoms with Crippen molar-refractivity contribution in [2.24, 2.45) is 0 Å². The van der Waals surface area contributed by atoms with E-state index in [0.29, 0.717) is 5.56 Å². The van der Waals surface area contributed by atoms with E-state index in [1.165, 1.54) is 18.2 Å². The van der Waals surface area contributed by atoms with Crippen LogP contribution in [0.2, 0.25) is 0 Å². The highest BCUT2D eigenvalue weighted by Gasteiger charge is 2.15. The third kappa shape index (κ3) is 2.04. The lowest BCUT2D eigenvalue weighted by atomic mass is 10.1. The molecular formula is C8H6BrFO2. The van der Waals surface area contributed by atoms with Crippen molar-refractivity contribution in [1.82, 2.24) is 0 Å². The van der Waals surface area contributed by atoms with Gasteiger partial charge in [-0.3, -0.25) is 4.79 Å². The number of alkyl halides is 1. The molecule has 0 spiro atoms. The molecular weight excluding hydrogens is 227 g/mol. The van der Waals surface area contributed by atoms with Crippen LogP contribution in [0.1, 0.15) is 10.4 Å². The summed E-state index contributed by atoms with van der Waals surface area (Å²) < 4.78 is 12.6. The molecule has 0 unspecified atom stereocenters. The maximum Gasteiger partial charge on any atom is 0.321 e. The summed E-state index contributed by atoms with van der Waals surface area (Å²) in [4.78, 5) is 9.60. The zero-order valence-electron chi connectivity index (χ0n) is 6.00. The van der Waals surface area contributed by atoms with Crippen LogP contribution in [0.4, 0.5) is 4.39 Å². The minimum Gasteiger partial charge on any atom is -0.480 e. The van der Waals surface area contributed by atoms with E-state index in [-0.39, 0.29) is 0 Å². The average Bonchev–Trinajstić information content (AvgIpc) is 2.03. The Bertz CT molecular complexity index is 301. The molecule has 0 saturated heterocycles. The van der Waals surface area contributed by atoms with E-state index in [1.54, 1.807) is 6.07 Å². The van der Waals surface area contributed by atoms with Gasteiger partial charge in [0.25, 0.3) is 0 Å². The summed E-state index contributed by atoms with van der Waals surface area (Å²) in [5.74, 6) is -1.46. The summed E-state index contributed by atoms with van der Waals surface area (Å²) in [5, 5.41) is 8.56. The van der Waals surface area contributed by atoms with E-state index in [4.69, 9.17) is 5.11 Å². The molecule has 4 heteroatoms. The number of benzene rings is 1. The van der Waals surface area contributed by atoms with Crippen molar-refractivity contribution in [1.29, 1.82) is 0 Å². The monoisotopic (exact) mass is 232 g/mol. The molecule has 0 aliphatic rings. The Labute approximate surface area is 77.2 Å². The zero-order valence-corrected chi connectivity index (χ0v) is 7.58. The molecule has 0 saturated carbocycles. The number of rotatable bonds is 2. The highest BCUT2D eigenvalue weighted by Crippen LogP contribution is 2.22. The van der Waals surface area contributed by atoms with Crippen LogP contribution in [0.15, 0.2) is 24.3 Å². The number of hydrogen-bond acceptors (Lipinski definition) is 1. The van der Waals surface area contributed by atoms with E-state index in [1.807, 2.05) is 0 Å². The molecule has 12 heavy (non-hydrogen) atoms. The van der Waals surface area contributed by atoms with Gasteiger partial charge in [0.1, 0.15) is 10.6 Å². The largest absolute Gasteiger partial charge is 0.480 e. The Kier molecular flexibility index (Phi) is 2.81. The summed E-state index contributed by atoms with van der Waals surface area (Å²) in [7, 11) is 0. The number of carboxylic acids is 1. The molecule has 2 nitrogen and oxygen atoms in total. The fraction of sp³-hybridized carbons (Fsp3) is 0.125. The fourth-order valence-corrected chi connectivity index (χ4v) is 1.09. The molecule has 0 aliphatic heterocycles. The second kappa shape index (κ2) is 3.67. The molecule has 0 radical (unpaired) electrons. The zero-order chi connectivity index (χ0) is 9.14. The molecule has 0 amide bonds. The van der Waals surface area contributed by atoms with Gasteiger partial charge in [-0.25, -0.2) is 4.39 Å². The van der Waals surface area contributed by atoms with Crippen molar-refractivity contribution < 1.29 is 14.3 Å². The van der Waals surface area contributed by atoms with E-state index in [9.17, 15) is 9.18 Å². The van der Waals surface area contributed by atoms with Gasteiger partial charge in [-0.1, -0.05) is 28.1 Å². The normalized spacial score (nSPS) is 12.5. The van der Waals surface area contributed by atoms with Gasteiger partial charge in [0.05, 0.1) is 0 Å². The average molecular weight is 233 g/mol. The standard InChI is InChI=1S/C8H6BrFO2/c9-7(8(11)12)5-2-1-3-6(10)4-5/h1-4,7H,(H,11,12)/t7-/m0/s1. The van der Waals surface area contributed by atoms with Gasteiger partial charge in [0.2, 0.25) is 0 Å². The Morgan fingerprint density at radius 2 is 2.25 bits per heavy atom. The number of carboxylic acid groups (broad SMARTS) is 1. The van der Waals surface area contributed by atoms with E-state index in [2.05, 4.69) is 15.9 Å². The number of aliphatic carboxylic acids is 1. The Hall–Kier alpha value is -0.900. The third-order valence-corrected chi connectivity index (χ3v) is 2.28. The Morgan fingerprint density at radius 3 is 2.75 bits per heavy atom. The second-order valence-corrected chi connectivity index (χ2v) is 3.17. The minimum absolute atomic E-state index is 0.405. The van der Waals surface area contributed by atoms with Crippen LogP contribution in [0.3, 0.4) is 0 Å². The highest BCUT2D eigenvalue weighted by atomic mass is 79.9. The topological polar surface area (TPSA) is 37.3 Å². The van der Waals surface area contributed by atoms with Crippen molar-refractivity contribution in [3.05, 3.63) is 35.6 Å². The molecule has 0 aliphatic carbocycles. The number of carbonyl (C=O) groups is 1. The maximum atomic E-state index is 12.6. The van der Waals surface area contributed by atoms with Crippen molar-refractivity contribution >= 4 is 21.9 Å². The van der Waals surface area contributed by atoms with Gasteiger partial charge in [0, 0.05) is 0 Å². The molecule has 0 heterocycles. The second-order valence-electron chi connectivity index (χ2n) is 2.26. The van der Waals surface area contributed by atoms with Crippen LogP contribution < -0.4 is 0 Å². The van der Waals surface area contributed by atoms with Crippen LogP contribution in [0, 0.1) is 5.82 Å². The van der Waals surface area contributed by atoms with Crippen molar-refractivity contribution in [2.45, 2.75) is 4.83 Å². The summed E-state index contributed by atoms with van der Waals surface area (Å²) in [5.41, 5.74) is 0.405. The van der Waals surface area contributed by atoms with Gasteiger partial charge < -0.3 is 5.11 Å². The smallest absolute Gasteiger partial charge is 0.321 e. The van der Waals surface area contributed by atoms with E-state index in [0.717, 1.165) is 0 Å². The minimum atomic E-state index is -1.03. The van der Waals surface area contributed by atoms with Gasteiger partial charge in [-0.15, -0.1) is 0 Å². The molecule has 1 atom stereocenters. The first-order valence-electron chi connectivity index (χ1n) is 3.23. The Balaban J connectivity index is 2.95. The van der Waals surface area contributed by atoms with Gasteiger partial charge in [0.15, 0.2) is 0 Å². The number of hydrogen-bond donors (Lipinski definition) is 1. The lowest BCUT2D eigenvalue weighted by Crippen LogP contribution is -2.04. The van der Waals surface area contributed by atoms with Gasteiger partial charge >= 0.3 is 5.97 Å². The quantitative estimate of drug-likeness (QED) is 0.796. The first-order valence-corrected chi connectivity index (χ1v) is 4.15. The molecule has 0 aromatic heterocycles. The van der Waals surface area contributed by atoms with Crippen molar-refractivity contribution in [2.75, 3.05) is 0 Å². The van der Waals surface area contributed by atoms with Crippen LogP contribution in [0.5, 0.6) is 0 Å². The summed E-state index contributed by atoms with van der Waals surface area (Å²) >= 11 is 2.92. The number of halogens is 2. The molecule has 1 rings (SSSR count). The lowest BCUT2D eigenvalue weighted by molar-refractivity contribution is -0.136. The molecule has 0 bridgehead atoms. The summed E-state index contributed by atoms with van der Waals surface area (Å²) in [6, 6.07) is 5.48. The molecule has 1 aromatic rings. The first kappa shape index (κ1) is 9.19. The van der Waals surface area contributed by atoms with Crippen LogP contribution in [0.25, 0.3) is 0 Å². The fourth-order valence-electron chi connectivity index (χ4n) is 0.807. The van der Waals surface area contributed by atoms with Crippen LogP contribution in [-0.4, -0.2) is 11.1 Å². The van der Waals surface area contributed by atoms with E-state index < -0.39 is 16.6 Å². The molecule has 1 N–H and O–H groups in total. The first-order chi connectivity index (χ1) is 5.61. The lowest BCUT2D eigenvalue weighted by Gasteiger charge is -2.03. The molecule has 64 valence electrons. The highest BCUT2D eigenvalue weighted by molar-refractivity contribution is 9.09. The predicted molar refractivity (Wildman–Crippen MR) is 45.7 cm³/mol. The molecule has 1 aromatic carbocycles. The predicted octanol–water partition coefficient (Wildman–Crippen LogP) is 2.35. The maximum absolute atomic E-state index is 12.6. The Morgan fingerprint density at radius 1 is 1.58 bits per heavy atom. The third-order valence-electron chi connectivity index (χ3n) is 1.36. The van der Waals surface area contributed by atoms with Crippen LogP contribution in [-0.2, 0) is 4.79 Å². The van der Waals surface area contributed by atoms with Crippen LogP contribution >= 0.6 is 15.9 Å². The SMILES string of the molecule is O=C(O)[C@@H](Br)c1cccc(F)c1. The van der Waals surface area contributed by atoms with Gasteiger partial charge in [-0.2, -0.15) is 0 Å². The molecule has 0 fully saturated rings.